The summed E-state index contributed by atoms with van der Waals surface area (Å²) in [6, 6.07) is 9.21. The van der Waals surface area contributed by atoms with Crippen molar-refractivity contribution in [3.05, 3.63) is 36.7 Å². The van der Waals surface area contributed by atoms with E-state index in [0.29, 0.717) is 12.1 Å². The number of anilines is 1. The summed E-state index contributed by atoms with van der Waals surface area (Å²) in [5.41, 5.74) is 0.494. The Labute approximate surface area is 127 Å². The molecule has 1 heterocycles. The molecular weight excluding hydrogens is 308 g/mol. The van der Waals surface area contributed by atoms with Crippen molar-refractivity contribution in [3.63, 3.8) is 0 Å². The van der Waals surface area contributed by atoms with E-state index in [1.807, 2.05) is 19.1 Å². The average Bonchev–Trinajstić information content (AvgIpc) is 2.96. The molecule has 0 saturated heterocycles. The van der Waals surface area contributed by atoms with Gasteiger partial charge in [0.05, 0.1) is 18.0 Å². The van der Waals surface area contributed by atoms with Crippen molar-refractivity contribution in [2.75, 3.05) is 4.72 Å². The number of nitrogens with one attached hydrogen (secondary N) is 2. The van der Waals surface area contributed by atoms with Crippen molar-refractivity contribution >= 4 is 27.5 Å². The molecule has 6 nitrogen and oxygen atoms in total. The predicted octanol–water partition coefficient (Wildman–Crippen LogP) is 2.60. The average molecular weight is 322 g/mol. The largest absolute Gasteiger partial charge is 0.284 e. The fraction of sp³-hybridized carbons (Fsp3) is 0.231. The van der Waals surface area contributed by atoms with Crippen molar-refractivity contribution in [1.29, 1.82) is 5.26 Å². The van der Waals surface area contributed by atoms with Gasteiger partial charge in [-0.05, 0) is 12.1 Å². The van der Waals surface area contributed by atoms with Gasteiger partial charge in [-0.25, -0.2) is 8.42 Å². The van der Waals surface area contributed by atoms with E-state index in [9.17, 15) is 8.42 Å². The molecule has 0 radical (unpaired) electrons. The van der Waals surface area contributed by atoms with E-state index in [0.717, 1.165) is 4.90 Å². The van der Waals surface area contributed by atoms with E-state index in [1.165, 1.54) is 24.2 Å². The number of nitrogens with zero attached hydrogens (tertiary/aromatic N) is 2. The van der Waals surface area contributed by atoms with Crippen molar-refractivity contribution in [2.45, 2.75) is 28.4 Å². The topological polar surface area (TPSA) is 98.6 Å². The first-order valence-corrected chi connectivity index (χ1v) is 8.53. The van der Waals surface area contributed by atoms with Crippen LogP contribution in [-0.2, 0) is 10.0 Å². The molecule has 0 amide bonds. The predicted molar refractivity (Wildman–Crippen MR) is 81.4 cm³/mol. The first-order valence-electron chi connectivity index (χ1n) is 6.17. The number of sulfonamides is 1. The summed E-state index contributed by atoms with van der Waals surface area (Å²) in [7, 11) is -3.66. The second-order valence-corrected chi connectivity index (χ2v) is 7.49. The third-order valence-corrected chi connectivity index (χ3v) is 5.13. The molecule has 110 valence electrons. The SMILES string of the molecule is C[C@@H](CC#N)Sc1ccccc1NS(=O)(=O)c1cn[nH]c1. The van der Waals surface area contributed by atoms with Crippen LogP contribution in [0.25, 0.3) is 0 Å². The number of hydrogen-bond donors (Lipinski definition) is 2. The van der Waals surface area contributed by atoms with E-state index in [-0.39, 0.29) is 10.1 Å². The molecule has 0 aliphatic heterocycles. The van der Waals surface area contributed by atoms with E-state index in [4.69, 9.17) is 5.26 Å². The molecule has 2 aromatic rings. The lowest BCUT2D eigenvalue weighted by Gasteiger charge is -2.13. The van der Waals surface area contributed by atoms with Crippen LogP contribution in [0, 0.1) is 11.3 Å². The quantitative estimate of drug-likeness (QED) is 0.796. The van der Waals surface area contributed by atoms with Gasteiger partial charge in [-0.1, -0.05) is 19.1 Å². The molecule has 21 heavy (non-hydrogen) atoms. The van der Waals surface area contributed by atoms with E-state index < -0.39 is 10.0 Å². The second-order valence-electron chi connectivity index (χ2n) is 4.33. The maximum absolute atomic E-state index is 12.2. The van der Waals surface area contributed by atoms with Gasteiger partial charge in [0.1, 0.15) is 4.90 Å². The van der Waals surface area contributed by atoms with Gasteiger partial charge in [0.25, 0.3) is 10.0 Å². The number of nitriles is 1. The lowest BCUT2D eigenvalue weighted by molar-refractivity contribution is 0.601. The van der Waals surface area contributed by atoms with E-state index in [2.05, 4.69) is 21.0 Å². The molecule has 1 aromatic carbocycles. The Kier molecular flexibility index (Phi) is 4.88. The Morgan fingerprint density at radius 1 is 1.48 bits per heavy atom. The van der Waals surface area contributed by atoms with Crippen LogP contribution in [0.3, 0.4) is 0 Å². The molecule has 2 rings (SSSR count). The Hall–Kier alpha value is -1.98. The highest BCUT2D eigenvalue weighted by molar-refractivity contribution is 8.00. The summed E-state index contributed by atoms with van der Waals surface area (Å²) < 4.78 is 26.9. The number of benzene rings is 1. The molecule has 0 spiro atoms. The lowest BCUT2D eigenvalue weighted by Crippen LogP contribution is -2.13. The number of thioether (sulfide) groups is 1. The van der Waals surface area contributed by atoms with Gasteiger partial charge in [-0.15, -0.1) is 11.8 Å². The molecule has 1 aromatic heterocycles. The van der Waals surface area contributed by atoms with Gasteiger partial charge in [0.15, 0.2) is 0 Å². The van der Waals surface area contributed by atoms with Gasteiger partial charge in [0, 0.05) is 22.8 Å². The monoisotopic (exact) mass is 322 g/mol. The molecule has 0 unspecified atom stereocenters. The summed E-state index contributed by atoms with van der Waals surface area (Å²) in [5, 5.41) is 14.9. The smallest absolute Gasteiger partial charge is 0.265 e. The van der Waals surface area contributed by atoms with Crippen molar-refractivity contribution in [2.24, 2.45) is 0 Å². The Morgan fingerprint density at radius 2 is 2.24 bits per heavy atom. The van der Waals surface area contributed by atoms with E-state index >= 15 is 0 Å². The van der Waals surface area contributed by atoms with Crippen LogP contribution >= 0.6 is 11.8 Å². The maximum Gasteiger partial charge on any atom is 0.265 e. The third-order valence-electron chi connectivity index (χ3n) is 2.62. The first-order chi connectivity index (χ1) is 10.0. The van der Waals surface area contributed by atoms with Crippen LogP contribution in [-0.4, -0.2) is 23.9 Å². The molecule has 1 atom stereocenters. The van der Waals surface area contributed by atoms with Gasteiger partial charge in [-0.3, -0.25) is 9.82 Å². The standard InChI is InChI=1S/C13H14N4O2S2/c1-10(6-7-14)20-13-5-3-2-4-12(13)17-21(18,19)11-8-15-16-9-11/h2-5,8-10,17H,6H2,1H3,(H,15,16)/t10-/m0/s1. The number of aromatic nitrogens is 2. The number of H-pyrrole nitrogens is 1. The van der Waals surface area contributed by atoms with Crippen LogP contribution in [0.15, 0.2) is 46.5 Å². The first kappa shape index (κ1) is 15.4. The Morgan fingerprint density at radius 3 is 2.90 bits per heavy atom. The van der Waals surface area contributed by atoms with Crippen molar-refractivity contribution in [3.8, 4) is 6.07 Å². The highest BCUT2D eigenvalue weighted by Gasteiger charge is 2.17. The van der Waals surface area contributed by atoms with Crippen LogP contribution in [0.2, 0.25) is 0 Å². The molecule has 0 fully saturated rings. The summed E-state index contributed by atoms with van der Waals surface area (Å²) in [6.45, 7) is 1.93. The van der Waals surface area contributed by atoms with Crippen molar-refractivity contribution < 1.29 is 8.42 Å². The van der Waals surface area contributed by atoms with Gasteiger partial charge in [0.2, 0.25) is 0 Å². The van der Waals surface area contributed by atoms with Crippen LogP contribution in [0.1, 0.15) is 13.3 Å². The van der Waals surface area contributed by atoms with Crippen LogP contribution in [0.5, 0.6) is 0 Å². The number of rotatable bonds is 6. The normalized spacial score (nSPS) is 12.6. The lowest BCUT2D eigenvalue weighted by atomic mass is 10.3. The van der Waals surface area contributed by atoms with Crippen LogP contribution < -0.4 is 4.72 Å². The third kappa shape index (κ3) is 4.00. The van der Waals surface area contributed by atoms with Gasteiger partial charge >= 0.3 is 0 Å². The zero-order valence-electron chi connectivity index (χ0n) is 11.3. The fourth-order valence-corrected chi connectivity index (χ4v) is 3.67. The summed E-state index contributed by atoms with van der Waals surface area (Å²) in [5.74, 6) is 0. The number of aromatic amines is 1. The highest BCUT2D eigenvalue weighted by atomic mass is 32.2. The highest BCUT2D eigenvalue weighted by Crippen LogP contribution is 2.32. The molecule has 2 N–H and O–H groups in total. The fourth-order valence-electron chi connectivity index (χ4n) is 1.63. The number of para-hydroxylation sites is 1. The molecule has 0 aliphatic carbocycles. The Bertz CT molecular complexity index is 736. The maximum atomic E-state index is 12.2. The van der Waals surface area contributed by atoms with Crippen LogP contribution in [0.4, 0.5) is 5.69 Å². The molecular formula is C13H14N4O2S2. The summed E-state index contributed by atoms with van der Waals surface area (Å²) in [6.07, 6.45) is 2.96. The Balaban J connectivity index is 2.23. The molecule has 0 saturated carbocycles. The minimum absolute atomic E-state index is 0.0763. The molecule has 0 aliphatic rings. The molecule has 8 heteroatoms. The summed E-state index contributed by atoms with van der Waals surface area (Å²) >= 11 is 1.46. The zero-order chi connectivity index (χ0) is 15.3. The minimum Gasteiger partial charge on any atom is -0.284 e. The number of hydrogen-bond acceptors (Lipinski definition) is 5. The second kappa shape index (κ2) is 6.65. The molecule has 0 bridgehead atoms. The van der Waals surface area contributed by atoms with Crippen molar-refractivity contribution in [1.82, 2.24) is 10.2 Å². The summed E-state index contributed by atoms with van der Waals surface area (Å²) in [4.78, 5) is 0.861. The minimum atomic E-state index is -3.66. The van der Waals surface area contributed by atoms with Gasteiger partial charge in [-0.2, -0.15) is 10.4 Å². The zero-order valence-corrected chi connectivity index (χ0v) is 12.9. The van der Waals surface area contributed by atoms with Gasteiger partial charge < -0.3 is 0 Å². The van der Waals surface area contributed by atoms with E-state index in [1.54, 1.807) is 12.1 Å².